The summed E-state index contributed by atoms with van der Waals surface area (Å²) >= 11 is 0. The number of nitrogens with zero attached hydrogens (tertiary/aromatic N) is 4. The molecule has 0 saturated carbocycles. The van der Waals surface area contributed by atoms with E-state index >= 15 is 0 Å². The van der Waals surface area contributed by atoms with E-state index in [0.29, 0.717) is 42.1 Å². The molecule has 0 radical (unpaired) electrons. The number of hydrogen-bond acceptors (Lipinski definition) is 8. The van der Waals surface area contributed by atoms with E-state index in [1.165, 1.54) is 12.1 Å². The number of aryl methyl sites for hydroxylation is 1. The molecule has 4 heterocycles. The fraction of sp³-hybridized carbons (Fsp3) is 0.586. The van der Waals surface area contributed by atoms with E-state index in [1.54, 1.807) is 10.6 Å². The van der Waals surface area contributed by atoms with Gasteiger partial charge in [0.1, 0.15) is 5.82 Å². The van der Waals surface area contributed by atoms with Crippen LogP contribution < -0.4 is 5.56 Å². The summed E-state index contributed by atoms with van der Waals surface area (Å²) in [5.74, 6) is 0.433. The number of rotatable bonds is 6. The van der Waals surface area contributed by atoms with E-state index < -0.39 is 12.3 Å². The molecular weight excluding hydrogens is 503 g/mol. The number of carbonyl (C=O) groups is 1. The van der Waals surface area contributed by atoms with Gasteiger partial charge in [0, 0.05) is 41.7 Å². The molecule has 0 spiro atoms. The van der Waals surface area contributed by atoms with Crippen LogP contribution in [0.3, 0.4) is 0 Å². The van der Waals surface area contributed by atoms with Crippen molar-refractivity contribution in [3.8, 4) is 0 Å². The van der Waals surface area contributed by atoms with Gasteiger partial charge < -0.3 is 18.9 Å². The van der Waals surface area contributed by atoms with Crippen molar-refractivity contribution in [3.05, 3.63) is 57.1 Å². The van der Waals surface area contributed by atoms with Crippen molar-refractivity contribution in [2.45, 2.75) is 78.4 Å². The first kappa shape index (κ1) is 27.3. The number of fused-ring (bicyclic) bond motifs is 2. The maximum absolute atomic E-state index is 13.5. The Morgan fingerprint density at radius 2 is 1.95 bits per heavy atom. The molecule has 1 fully saturated rings. The van der Waals surface area contributed by atoms with Gasteiger partial charge in [0.05, 0.1) is 12.3 Å². The maximum Gasteiger partial charge on any atom is 0.509 e. The molecule has 2 aliphatic heterocycles. The topological polar surface area (TPSA) is 99.7 Å². The molecule has 1 aromatic carbocycles. The highest BCUT2D eigenvalue weighted by molar-refractivity contribution is 5.79. The number of likely N-dealkylation sites (tertiary alicyclic amines) is 1. The fourth-order valence-electron chi connectivity index (χ4n) is 5.50. The van der Waals surface area contributed by atoms with Crippen molar-refractivity contribution in [2.75, 3.05) is 26.2 Å². The van der Waals surface area contributed by atoms with Crippen LogP contribution in [0.1, 0.15) is 81.3 Å². The number of hydrogen-bond donors (Lipinski definition) is 0. The van der Waals surface area contributed by atoms with Crippen LogP contribution in [-0.4, -0.2) is 52.0 Å². The van der Waals surface area contributed by atoms with Gasteiger partial charge in [-0.2, -0.15) is 0 Å². The second-order valence-corrected chi connectivity index (χ2v) is 11.9. The smallest absolute Gasteiger partial charge is 0.434 e. The molecular formula is C29H37FN4O5. The Balaban J connectivity index is 1.20. The van der Waals surface area contributed by atoms with Crippen molar-refractivity contribution in [1.29, 1.82) is 0 Å². The third-order valence-corrected chi connectivity index (χ3v) is 7.61. The van der Waals surface area contributed by atoms with Crippen molar-refractivity contribution in [1.82, 2.24) is 19.6 Å². The second-order valence-electron chi connectivity index (χ2n) is 11.9. The second kappa shape index (κ2) is 11.1. The third kappa shape index (κ3) is 6.16. The SMILES string of the molecule is Cc1nc2n(c(=O)c1CCN1CCC(c3noc4cc(F)ccc34)CC1)CCCC2OC(=O)OCC(C)(C)C. The van der Waals surface area contributed by atoms with Crippen LogP contribution in [-0.2, 0) is 22.4 Å². The summed E-state index contributed by atoms with van der Waals surface area (Å²) in [6.07, 6.45) is 2.47. The van der Waals surface area contributed by atoms with E-state index in [2.05, 4.69) is 10.1 Å². The lowest BCUT2D eigenvalue weighted by Crippen LogP contribution is -2.38. The first-order valence-electron chi connectivity index (χ1n) is 13.8. The zero-order chi connectivity index (χ0) is 27.7. The Bertz CT molecular complexity index is 1400. The molecule has 0 N–H and O–H groups in total. The van der Waals surface area contributed by atoms with Crippen molar-refractivity contribution in [3.63, 3.8) is 0 Å². The Morgan fingerprint density at radius 1 is 1.18 bits per heavy atom. The minimum atomic E-state index is -0.728. The lowest BCUT2D eigenvalue weighted by Gasteiger charge is -2.31. The molecule has 0 bridgehead atoms. The molecule has 1 atom stereocenters. The van der Waals surface area contributed by atoms with Gasteiger partial charge >= 0.3 is 6.16 Å². The minimum absolute atomic E-state index is 0.0509. The van der Waals surface area contributed by atoms with Crippen LogP contribution in [0.2, 0.25) is 0 Å². The normalized spacial score (nSPS) is 18.7. The number of benzene rings is 1. The van der Waals surface area contributed by atoms with Crippen molar-refractivity contribution < 1.29 is 23.2 Å². The lowest BCUT2D eigenvalue weighted by atomic mass is 9.91. The van der Waals surface area contributed by atoms with E-state index in [4.69, 9.17) is 19.0 Å². The van der Waals surface area contributed by atoms with E-state index in [9.17, 15) is 14.0 Å². The van der Waals surface area contributed by atoms with Crippen LogP contribution in [0.25, 0.3) is 11.0 Å². The number of carbonyl (C=O) groups excluding carboxylic acids is 1. The zero-order valence-corrected chi connectivity index (χ0v) is 23.2. The van der Waals surface area contributed by atoms with Gasteiger partial charge in [-0.05, 0) is 69.7 Å². The molecule has 0 aliphatic carbocycles. The highest BCUT2D eigenvalue weighted by Crippen LogP contribution is 2.33. The number of ether oxygens (including phenoxy) is 2. The molecule has 2 aliphatic rings. The van der Waals surface area contributed by atoms with Gasteiger partial charge in [0.25, 0.3) is 5.56 Å². The van der Waals surface area contributed by atoms with Gasteiger partial charge in [-0.15, -0.1) is 0 Å². The molecule has 5 rings (SSSR count). The maximum atomic E-state index is 13.5. The number of aromatic nitrogens is 3. The first-order chi connectivity index (χ1) is 18.6. The predicted molar refractivity (Wildman–Crippen MR) is 143 cm³/mol. The molecule has 210 valence electrons. The standard InChI is InChI=1S/C29H37FN4O5/c1-18-21(27(35)34-12-5-6-23(26(34)31-18)38-28(36)37-17-29(2,3)4)11-15-33-13-9-19(10-14-33)25-22-8-7-20(30)16-24(22)39-32-25/h7-8,16,19,23H,5-6,9-15,17H2,1-4H3. The van der Waals surface area contributed by atoms with Crippen LogP contribution >= 0.6 is 0 Å². The predicted octanol–water partition coefficient (Wildman–Crippen LogP) is 5.29. The van der Waals surface area contributed by atoms with E-state index in [-0.39, 0.29) is 29.3 Å². The largest absolute Gasteiger partial charge is 0.509 e. The Morgan fingerprint density at radius 3 is 2.69 bits per heavy atom. The molecule has 2 aromatic heterocycles. The molecule has 1 unspecified atom stereocenters. The molecule has 1 saturated heterocycles. The fourth-order valence-corrected chi connectivity index (χ4v) is 5.50. The Hall–Kier alpha value is -3.27. The Labute approximate surface area is 227 Å². The summed E-state index contributed by atoms with van der Waals surface area (Å²) in [6.45, 7) is 11.1. The van der Waals surface area contributed by atoms with E-state index in [1.807, 2.05) is 27.7 Å². The number of piperidine rings is 1. The summed E-state index contributed by atoms with van der Waals surface area (Å²) < 4.78 is 31.4. The monoisotopic (exact) mass is 540 g/mol. The van der Waals surface area contributed by atoms with Crippen LogP contribution in [0.15, 0.2) is 27.5 Å². The van der Waals surface area contributed by atoms with Crippen molar-refractivity contribution in [2.24, 2.45) is 5.41 Å². The highest BCUT2D eigenvalue weighted by atomic mass is 19.1. The summed E-state index contributed by atoms with van der Waals surface area (Å²) in [6, 6.07) is 4.56. The van der Waals surface area contributed by atoms with Gasteiger partial charge in [0.2, 0.25) is 0 Å². The highest BCUT2D eigenvalue weighted by Gasteiger charge is 2.30. The molecule has 39 heavy (non-hydrogen) atoms. The molecule has 9 nitrogen and oxygen atoms in total. The number of halogens is 1. The lowest BCUT2D eigenvalue weighted by molar-refractivity contribution is -0.00426. The third-order valence-electron chi connectivity index (χ3n) is 7.61. The van der Waals surface area contributed by atoms with Gasteiger partial charge in [0.15, 0.2) is 17.5 Å². The first-order valence-corrected chi connectivity index (χ1v) is 13.8. The minimum Gasteiger partial charge on any atom is -0.434 e. The summed E-state index contributed by atoms with van der Waals surface area (Å²) in [5.41, 5.74) is 2.56. The van der Waals surface area contributed by atoms with Gasteiger partial charge in [-0.1, -0.05) is 25.9 Å². The van der Waals surface area contributed by atoms with E-state index in [0.717, 1.165) is 50.0 Å². The van der Waals surface area contributed by atoms with Crippen molar-refractivity contribution >= 4 is 17.1 Å². The Kier molecular flexibility index (Phi) is 7.75. The van der Waals surface area contributed by atoms with Crippen LogP contribution in [0, 0.1) is 18.2 Å². The zero-order valence-electron chi connectivity index (χ0n) is 23.2. The molecule has 3 aromatic rings. The quantitative estimate of drug-likeness (QED) is 0.389. The molecule has 10 heteroatoms. The van der Waals surface area contributed by atoms with Gasteiger partial charge in [-0.25, -0.2) is 14.2 Å². The molecule has 0 amide bonds. The average molecular weight is 541 g/mol. The summed E-state index contributed by atoms with van der Waals surface area (Å²) in [7, 11) is 0. The summed E-state index contributed by atoms with van der Waals surface area (Å²) in [4.78, 5) is 32.8. The average Bonchev–Trinajstić information content (AvgIpc) is 3.31. The summed E-state index contributed by atoms with van der Waals surface area (Å²) in [5, 5.41) is 5.11. The van der Waals surface area contributed by atoms with Gasteiger partial charge in [-0.3, -0.25) is 9.36 Å². The van der Waals surface area contributed by atoms with Crippen LogP contribution in [0.5, 0.6) is 0 Å². The van der Waals surface area contributed by atoms with Crippen LogP contribution in [0.4, 0.5) is 9.18 Å².